The molecule has 23 heavy (non-hydrogen) atoms. The highest BCUT2D eigenvalue weighted by molar-refractivity contribution is 6.09. The van der Waals surface area contributed by atoms with Gasteiger partial charge in [0.15, 0.2) is 0 Å². The Morgan fingerprint density at radius 2 is 2.13 bits per heavy atom. The first-order valence-electron chi connectivity index (χ1n) is 7.51. The second-order valence-electron chi connectivity index (χ2n) is 6.26. The molecule has 0 saturated heterocycles. The number of carboxylic acid groups (broad SMARTS) is 1. The fraction of sp³-hybridized carbons (Fsp3) is 0.438. The van der Waals surface area contributed by atoms with E-state index in [2.05, 4.69) is 11.7 Å². The maximum Gasteiger partial charge on any atom is 0.407 e. The van der Waals surface area contributed by atoms with E-state index in [1.54, 1.807) is 10.9 Å². The molecule has 0 atom stereocenters. The van der Waals surface area contributed by atoms with Gasteiger partial charge in [-0.3, -0.25) is 9.48 Å². The lowest BCUT2D eigenvalue weighted by molar-refractivity contribution is 0.101. The van der Waals surface area contributed by atoms with Gasteiger partial charge in [0.1, 0.15) is 5.69 Å². The summed E-state index contributed by atoms with van der Waals surface area (Å²) in [7, 11) is 3.74. The number of carbonyl (C=O) groups excluding carboxylic acids is 1. The van der Waals surface area contributed by atoms with E-state index in [1.807, 2.05) is 19.0 Å². The Bertz CT molecular complexity index is 730. The molecule has 0 aromatic carbocycles. The Morgan fingerprint density at radius 3 is 2.78 bits per heavy atom. The fourth-order valence-corrected chi connectivity index (χ4v) is 3.14. The molecular formula is C16H20N4O3. The van der Waals surface area contributed by atoms with Crippen molar-refractivity contribution in [2.75, 3.05) is 20.6 Å². The normalized spacial score (nSPS) is 19.4. The summed E-state index contributed by atoms with van der Waals surface area (Å²) < 4.78 is 1.69. The fourth-order valence-electron chi connectivity index (χ4n) is 3.14. The Kier molecular flexibility index (Phi) is 3.71. The van der Waals surface area contributed by atoms with Crippen LogP contribution in [0.15, 0.2) is 23.9 Å². The second kappa shape index (κ2) is 5.57. The maximum absolute atomic E-state index is 13.0. The molecule has 0 spiro atoms. The zero-order valence-corrected chi connectivity index (χ0v) is 13.4. The van der Waals surface area contributed by atoms with Gasteiger partial charge in [0.25, 0.3) is 0 Å². The Balaban J connectivity index is 2.08. The lowest BCUT2D eigenvalue weighted by Gasteiger charge is -2.23. The predicted octanol–water partition coefficient (Wildman–Crippen LogP) is 1.51. The van der Waals surface area contributed by atoms with E-state index in [0.717, 1.165) is 16.8 Å². The van der Waals surface area contributed by atoms with Crippen molar-refractivity contribution >= 4 is 11.9 Å². The molecular weight excluding hydrogens is 296 g/mol. The van der Waals surface area contributed by atoms with Crippen LogP contribution in [0.2, 0.25) is 0 Å². The van der Waals surface area contributed by atoms with Crippen molar-refractivity contribution in [3.05, 3.63) is 40.9 Å². The number of fused-ring (bicyclic) bond motifs is 3. The SMILES string of the molecule is C=C1CC(=CN(C)C)C(=O)c2c3c(nn2C1)CCN(C(=O)O)C3. The lowest BCUT2D eigenvalue weighted by Crippen LogP contribution is -2.35. The number of rotatable bonds is 1. The van der Waals surface area contributed by atoms with Crippen molar-refractivity contribution in [1.82, 2.24) is 19.6 Å². The first-order valence-corrected chi connectivity index (χ1v) is 7.51. The first-order chi connectivity index (χ1) is 10.9. The van der Waals surface area contributed by atoms with E-state index < -0.39 is 6.09 Å². The average molecular weight is 316 g/mol. The van der Waals surface area contributed by atoms with Gasteiger partial charge in [0, 0.05) is 50.8 Å². The number of carbonyl (C=O) groups is 2. The zero-order chi connectivity index (χ0) is 16.7. The van der Waals surface area contributed by atoms with Crippen LogP contribution in [-0.4, -0.2) is 57.2 Å². The predicted molar refractivity (Wildman–Crippen MR) is 84.2 cm³/mol. The summed E-state index contributed by atoms with van der Waals surface area (Å²) >= 11 is 0. The second-order valence-corrected chi connectivity index (χ2v) is 6.26. The van der Waals surface area contributed by atoms with E-state index in [1.165, 1.54) is 4.90 Å². The van der Waals surface area contributed by atoms with E-state index in [4.69, 9.17) is 0 Å². The molecule has 0 unspecified atom stereocenters. The molecule has 0 fully saturated rings. The van der Waals surface area contributed by atoms with Gasteiger partial charge in [0.05, 0.1) is 18.8 Å². The highest BCUT2D eigenvalue weighted by Gasteiger charge is 2.33. The van der Waals surface area contributed by atoms with Crippen LogP contribution in [-0.2, 0) is 19.5 Å². The van der Waals surface area contributed by atoms with Gasteiger partial charge in [0.2, 0.25) is 5.78 Å². The van der Waals surface area contributed by atoms with Crippen LogP contribution in [0.1, 0.15) is 28.2 Å². The molecule has 2 aliphatic rings. The molecule has 0 radical (unpaired) electrons. The van der Waals surface area contributed by atoms with Crippen molar-refractivity contribution in [3.8, 4) is 0 Å². The summed E-state index contributed by atoms with van der Waals surface area (Å²) in [5, 5.41) is 13.8. The van der Waals surface area contributed by atoms with Gasteiger partial charge in [-0.1, -0.05) is 12.2 Å². The molecule has 0 bridgehead atoms. The van der Waals surface area contributed by atoms with Crippen molar-refractivity contribution in [1.29, 1.82) is 0 Å². The third-order valence-corrected chi connectivity index (χ3v) is 4.11. The summed E-state index contributed by atoms with van der Waals surface area (Å²) in [5.74, 6) is -0.0849. The molecule has 0 aliphatic carbocycles. The number of ketones is 1. The molecule has 3 rings (SSSR count). The minimum absolute atomic E-state index is 0.0849. The molecule has 122 valence electrons. The number of hydrogen-bond donors (Lipinski definition) is 1. The summed E-state index contributed by atoms with van der Waals surface area (Å²) in [4.78, 5) is 27.4. The number of allylic oxidation sites excluding steroid dienone is 2. The molecule has 1 amide bonds. The first kappa shape index (κ1) is 15.3. The Labute approximate surface area is 134 Å². The Hall–Kier alpha value is -2.57. The summed E-state index contributed by atoms with van der Waals surface area (Å²) in [6.07, 6.45) is 1.89. The summed E-state index contributed by atoms with van der Waals surface area (Å²) in [6, 6.07) is 0. The van der Waals surface area contributed by atoms with E-state index in [9.17, 15) is 14.7 Å². The van der Waals surface area contributed by atoms with Crippen molar-refractivity contribution in [2.45, 2.75) is 25.9 Å². The molecule has 0 saturated carbocycles. The van der Waals surface area contributed by atoms with Crippen LogP contribution in [0.3, 0.4) is 0 Å². The van der Waals surface area contributed by atoms with Gasteiger partial charge >= 0.3 is 6.09 Å². The van der Waals surface area contributed by atoms with Gasteiger partial charge in [-0.05, 0) is 0 Å². The van der Waals surface area contributed by atoms with Gasteiger partial charge in [-0.25, -0.2) is 4.79 Å². The van der Waals surface area contributed by atoms with Gasteiger partial charge < -0.3 is 14.9 Å². The monoisotopic (exact) mass is 316 g/mol. The van der Waals surface area contributed by atoms with Crippen LogP contribution >= 0.6 is 0 Å². The lowest BCUT2D eigenvalue weighted by atomic mass is 9.98. The third kappa shape index (κ3) is 2.74. The van der Waals surface area contributed by atoms with Crippen LogP contribution in [0.4, 0.5) is 4.79 Å². The molecule has 7 heteroatoms. The van der Waals surface area contributed by atoms with Gasteiger partial charge in [-0.15, -0.1) is 0 Å². The molecule has 1 N–H and O–H groups in total. The smallest absolute Gasteiger partial charge is 0.407 e. The van der Waals surface area contributed by atoms with Crippen molar-refractivity contribution in [3.63, 3.8) is 0 Å². The number of Topliss-reactive ketones (excluding diaryl/α,β-unsaturated/α-hetero) is 1. The van der Waals surface area contributed by atoms with Crippen molar-refractivity contribution < 1.29 is 14.7 Å². The topological polar surface area (TPSA) is 78.7 Å². The largest absolute Gasteiger partial charge is 0.465 e. The summed E-state index contributed by atoms with van der Waals surface area (Å²) in [5.41, 5.74) is 3.65. The van der Waals surface area contributed by atoms with Crippen LogP contribution in [0.25, 0.3) is 0 Å². The van der Waals surface area contributed by atoms with E-state index in [-0.39, 0.29) is 12.3 Å². The van der Waals surface area contributed by atoms with E-state index >= 15 is 0 Å². The number of hydrogen-bond acceptors (Lipinski definition) is 4. The quantitative estimate of drug-likeness (QED) is 0.627. The van der Waals surface area contributed by atoms with Crippen LogP contribution < -0.4 is 0 Å². The standard InChI is InChI=1S/C16H20N4O3/c1-10-6-11(8-18(2)3)15(21)14-12-9-19(16(22)23)5-4-13(12)17-20(14)7-10/h8H,1,4-7,9H2,2-3H3,(H,22,23). The molecule has 1 aromatic rings. The highest BCUT2D eigenvalue weighted by Crippen LogP contribution is 2.29. The van der Waals surface area contributed by atoms with Crippen molar-refractivity contribution in [2.24, 2.45) is 0 Å². The minimum atomic E-state index is -0.967. The number of nitrogens with zero attached hydrogens (tertiary/aromatic N) is 4. The summed E-state index contributed by atoms with van der Waals surface area (Å²) in [6.45, 7) is 5.16. The number of amides is 1. The molecule has 7 nitrogen and oxygen atoms in total. The van der Waals surface area contributed by atoms with Gasteiger partial charge in [-0.2, -0.15) is 5.10 Å². The van der Waals surface area contributed by atoms with E-state index in [0.29, 0.717) is 37.2 Å². The average Bonchev–Trinajstić information content (AvgIpc) is 2.76. The molecule has 3 heterocycles. The minimum Gasteiger partial charge on any atom is -0.465 e. The third-order valence-electron chi connectivity index (χ3n) is 4.11. The van der Waals surface area contributed by atoms with Crippen LogP contribution in [0, 0.1) is 0 Å². The molecule has 1 aromatic heterocycles. The molecule has 2 aliphatic heterocycles. The number of aromatic nitrogens is 2. The Morgan fingerprint density at radius 1 is 1.39 bits per heavy atom. The van der Waals surface area contributed by atoms with Crippen LogP contribution in [0.5, 0.6) is 0 Å². The zero-order valence-electron chi connectivity index (χ0n) is 13.4. The maximum atomic E-state index is 13.0. The highest BCUT2D eigenvalue weighted by atomic mass is 16.4.